The molecule has 4 nitrogen and oxygen atoms in total. The Kier molecular flexibility index (Phi) is 2.61. The van der Waals surface area contributed by atoms with Crippen molar-refractivity contribution in [2.75, 3.05) is 0 Å². The Balaban J connectivity index is 3.29. The highest BCUT2D eigenvalue weighted by Gasteiger charge is 2.35. The molecular formula is C6H2ClF3N2O2. The van der Waals surface area contributed by atoms with E-state index in [0.717, 1.165) is 0 Å². The first-order valence-electron chi connectivity index (χ1n) is 3.19. The van der Waals surface area contributed by atoms with Crippen molar-refractivity contribution in [1.82, 2.24) is 4.98 Å². The molecule has 1 aromatic rings. The summed E-state index contributed by atoms with van der Waals surface area (Å²) < 4.78 is 36.5. The number of alkyl halides is 3. The lowest BCUT2D eigenvalue weighted by Gasteiger charge is -2.06. The highest BCUT2D eigenvalue weighted by Crippen LogP contribution is 2.35. The molecular weight excluding hydrogens is 225 g/mol. The Morgan fingerprint density at radius 1 is 1.50 bits per heavy atom. The zero-order chi connectivity index (χ0) is 10.9. The summed E-state index contributed by atoms with van der Waals surface area (Å²) >= 11 is 5.18. The average Bonchev–Trinajstić information content (AvgIpc) is 2.02. The van der Waals surface area contributed by atoms with E-state index < -0.39 is 27.5 Å². The molecule has 0 bridgehead atoms. The molecule has 0 aliphatic heterocycles. The van der Waals surface area contributed by atoms with Crippen LogP contribution in [0.4, 0.5) is 19.0 Å². The molecule has 0 radical (unpaired) electrons. The second-order valence-electron chi connectivity index (χ2n) is 2.28. The molecule has 1 heterocycles. The van der Waals surface area contributed by atoms with Crippen molar-refractivity contribution < 1.29 is 18.1 Å². The van der Waals surface area contributed by atoms with Crippen LogP contribution in [-0.4, -0.2) is 9.91 Å². The first-order valence-corrected chi connectivity index (χ1v) is 3.57. The lowest BCUT2D eigenvalue weighted by atomic mass is 10.2. The topological polar surface area (TPSA) is 56.0 Å². The lowest BCUT2D eigenvalue weighted by Crippen LogP contribution is -2.07. The molecule has 0 fully saturated rings. The predicted molar refractivity (Wildman–Crippen MR) is 40.9 cm³/mol. The van der Waals surface area contributed by atoms with E-state index >= 15 is 0 Å². The quantitative estimate of drug-likeness (QED) is 0.546. The first-order chi connectivity index (χ1) is 6.32. The molecule has 0 saturated carbocycles. The van der Waals surface area contributed by atoms with Crippen LogP contribution in [0.25, 0.3) is 0 Å². The molecule has 14 heavy (non-hydrogen) atoms. The van der Waals surface area contributed by atoms with E-state index in [4.69, 9.17) is 11.6 Å². The van der Waals surface area contributed by atoms with Crippen molar-refractivity contribution in [1.29, 1.82) is 0 Å². The number of hydrogen-bond acceptors (Lipinski definition) is 3. The fourth-order valence-corrected chi connectivity index (χ4v) is 0.955. The van der Waals surface area contributed by atoms with Crippen LogP contribution < -0.4 is 0 Å². The highest BCUT2D eigenvalue weighted by molar-refractivity contribution is 6.31. The number of hydrogen-bond donors (Lipinski definition) is 0. The van der Waals surface area contributed by atoms with Crippen LogP contribution in [-0.2, 0) is 6.18 Å². The van der Waals surface area contributed by atoms with Gasteiger partial charge in [0.1, 0.15) is 0 Å². The third kappa shape index (κ3) is 2.11. The van der Waals surface area contributed by atoms with Gasteiger partial charge in [0.25, 0.3) is 0 Å². The van der Waals surface area contributed by atoms with Crippen LogP contribution in [0.15, 0.2) is 12.3 Å². The Labute approximate surface area is 80.5 Å². The van der Waals surface area contributed by atoms with E-state index in [9.17, 15) is 23.3 Å². The van der Waals surface area contributed by atoms with Crippen molar-refractivity contribution >= 4 is 17.4 Å². The summed E-state index contributed by atoms with van der Waals surface area (Å²) in [7, 11) is 0. The molecule has 0 atom stereocenters. The Bertz CT molecular complexity index is 380. The molecule has 0 aromatic carbocycles. The van der Waals surface area contributed by atoms with Crippen molar-refractivity contribution in [2.24, 2.45) is 0 Å². The summed E-state index contributed by atoms with van der Waals surface area (Å²) in [6, 6.07) is 0.294. The van der Waals surface area contributed by atoms with Gasteiger partial charge in [0, 0.05) is 6.07 Å². The Morgan fingerprint density at radius 2 is 2.07 bits per heavy atom. The van der Waals surface area contributed by atoms with Gasteiger partial charge in [-0.2, -0.15) is 13.2 Å². The highest BCUT2D eigenvalue weighted by atomic mass is 35.5. The summed E-state index contributed by atoms with van der Waals surface area (Å²) in [5, 5.41) is 9.46. The van der Waals surface area contributed by atoms with Gasteiger partial charge in [-0.15, -0.1) is 0 Å². The fraction of sp³-hybridized carbons (Fsp3) is 0.167. The standard InChI is InChI=1S/C6H2ClF3N2O2/c7-4-2-11-5(12(13)14)1-3(4)6(8,9)10/h1-2H. The van der Waals surface area contributed by atoms with Crippen molar-refractivity contribution in [3.63, 3.8) is 0 Å². The van der Waals surface area contributed by atoms with Crippen LogP contribution in [0.5, 0.6) is 0 Å². The fourth-order valence-electron chi connectivity index (χ4n) is 0.745. The Morgan fingerprint density at radius 3 is 2.50 bits per heavy atom. The van der Waals surface area contributed by atoms with E-state index in [1.54, 1.807) is 0 Å². The summed E-state index contributed by atoms with van der Waals surface area (Å²) in [6.07, 6.45) is -4.12. The maximum atomic E-state index is 12.2. The van der Waals surface area contributed by atoms with Gasteiger partial charge in [0.2, 0.25) is 0 Å². The van der Waals surface area contributed by atoms with Gasteiger partial charge in [-0.05, 0) is 9.91 Å². The predicted octanol–water partition coefficient (Wildman–Crippen LogP) is 2.66. The molecule has 1 rings (SSSR count). The van der Waals surface area contributed by atoms with E-state index in [1.165, 1.54) is 0 Å². The average molecular weight is 227 g/mol. The van der Waals surface area contributed by atoms with Crippen LogP contribution in [0.2, 0.25) is 5.02 Å². The van der Waals surface area contributed by atoms with Crippen molar-refractivity contribution in [3.8, 4) is 0 Å². The third-order valence-corrected chi connectivity index (χ3v) is 1.63. The van der Waals surface area contributed by atoms with E-state index in [1.807, 2.05) is 0 Å². The van der Waals surface area contributed by atoms with E-state index in [-0.39, 0.29) is 0 Å². The van der Waals surface area contributed by atoms with Crippen LogP contribution >= 0.6 is 11.6 Å². The molecule has 8 heteroatoms. The lowest BCUT2D eigenvalue weighted by molar-refractivity contribution is -0.389. The van der Waals surface area contributed by atoms with E-state index in [2.05, 4.69) is 4.98 Å². The zero-order valence-corrected chi connectivity index (χ0v) is 7.13. The van der Waals surface area contributed by atoms with Crippen molar-refractivity contribution in [3.05, 3.63) is 33.0 Å². The number of pyridine rings is 1. The minimum atomic E-state index is -4.72. The van der Waals surface area contributed by atoms with Gasteiger partial charge in [-0.1, -0.05) is 11.6 Å². The summed E-state index contributed by atoms with van der Waals surface area (Å²) in [5.74, 6) is -0.887. The number of nitrogens with zero attached hydrogens (tertiary/aromatic N) is 2. The molecule has 0 spiro atoms. The van der Waals surface area contributed by atoms with Crippen LogP contribution in [0.3, 0.4) is 0 Å². The number of aromatic nitrogens is 1. The maximum Gasteiger partial charge on any atom is 0.418 e. The molecule has 0 N–H and O–H groups in total. The van der Waals surface area contributed by atoms with Gasteiger partial charge in [-0.3, -0.25) is 0 Å². The smallest absolute Gasteiger partial charge is 0.358 e. The molecule has 0 aliphatic carbocycles. The molecule has 0 saturated heterocycles. The summed E-state index contributed by atoms with van der Waals surface area (Å²) in [5.41, 5.74) is -1.26. The molecule has 0 amide bonds. The minimum Gasteiger partial charge on any atom is -0.358 e. The van der Waals surface area contributed by atoms with Gasteiger partial charge in [0.05, 0.1) is 10.6 Å². The summed E-state index contributed by atoms with van der Waals surface area (Å²) in [6.45, 7) is 0. The maximum absolute atomic E-state index is 12.2. The first kappa shape index (κ1) is 10.7. The molecule has 1 aromatic heterocycles. The second kappa shape index (κ2) is 3.41. The number of rotatable bonds is 1. The van der Waals surface area contributed by atoms with Gasteiger partial charge in [0.15, 0.2) is 6.20 Å². The van der Waals surface area contributed by atoms with Crippen LogP contribution in [0.1, 0.15) is 5.56 Å². The minimum absolute atomic E-state index is 0.294. The Hall–Kier alpha value is -1.37. The van der Waals surface area contributed by atoms with Crippen LogP contribution in [0, 0.1) is 10.1 Å². The second-order valence-corrected chi connectivity index (χ2v) is 2.68. The zero-order valence-electron chi connectivity index (χ0n) is 6.38. The molecule has 0 aliphatic rings. The van der Waals surface area contributed by atoms with Gasteiger partial charge in [-0.25, -0.2) is 0 Å². The normalized spacial score (nSPS) is 11.4. The summed E-state index contributed by atoms with van der Waals surface area (Å²) in [4.78, 5) is 12.2. The SMILES string of the molecule is O=[N+]([O-])c1cc(C(F)(F)F)c(Cl)cn1. The molecule has 0 unspecified atom stereocenters. The van der Waals surface area contributed by atoms with Gasteiger partial charge < -0.3 is 10.1 Å². The molecule has 76 valence electrons. The third-order valence-electron chi connectivity index (χ3n) is 1.33. The number of halogens is 4. The number of nitro groups is 1. The monoisotopic (exact) mass is 226 g/mol. The largest absolute Gasteiger partial charge is 0.418 e. The van der Waals surface area contributed by atoms with Crippen molar-refractivity contribution in [2.45, 2.75) is 6.18 Å². The van der Waals surface area contributed by atoms with E-state index in [0.29, 0.717) is 12.3 Å². The van der Waals surface area contributed by atoms with Gasteiger partial charge >= 0.3 is 12.0 Å².